The third-order valence-corrected chi connectivity index (χ3v) is 6.68. The second kappa shape index (κ2) is 9.45. The highest BCUT2D eigenvalue weighted by Gasteiger charge is 2.37. The van der Waals surface area contributed by atoms with E-state index in [9.17, 15) is 26.4 Å². The van der Waals surface area contributed by atoms with Gasteiger partial charge in [0.2, 0.25) is 15.9 Å². The van der Waals surface area contributed by atoms with E-state index >= 15 is 0 Å². The van der Waals surface area contributed by atoms with Crippen molar-refractivity contribution in [2.45, 2.75) is 43.8 Å². The Morgan fingerprint density at radius 3 is 2.50 bits per heavy atom. The van der Waals surface area contributed by atoms with Crippen LogP contribution in [0.1, 0.15) is 32.3 Å². The molecule has 11 heteroatoms. The molecule has 174 valence electrons. The highest BCUT2D eigenvalue weighted by atomic mass is 32.2. The van der Waals surface area contributed by atoms with Crippen molar-refractivity contribution in [2.75, 3.05) is 23.3 Å². The molecule has 1 amide bonds. The first kappa shape index (κ1) is 24.0. The predicted molar refractivity (Wildman–Crippen MR) is 115 cm³/mol. The third kappa shape index (κ3) is 5.77. The average molecular weight is 471 g/mol. The van der Waals surface area contributed by atoms with Gasteiger partial charge in [-0.15, -0.1) is 0 Å². The van der Waals surface area contributed by atoms with Gasteiger partial charge in [0.15, 0.2) is 0 Å². The van der Waals surface area contributed by atoms with Crippen LogP contribution in [0, 0.1) is 5.92 Å². The topological polar surface area (TPSA) is 91.4 Å². The molecule has 7 nitrogen and oxygen atoms in total. The molecule has 32 heavy (non-hydrogen) atoms. The lowest BCUT2D eigenvalue weighted by Crippen LogP contribution is -2.42. The minimum Gasteiger partial charge on any atom is -0.355 e. The van der Waals surface area contributed by atoms with E-state index in [0.29, 0.717) is 25.1 Å². The number of sulfonamides is 1. The Morgan fingerprint density at radius 1 is 1.19 bits per heavy atom. The SMILES string of the molecule is CC(C)NS(=O)(=O)c1ccc(NC(=O)C2CCCN(c3ncccc3C(F)(F)F)C2)cc1. The molecule has 2 aromatic rings. The van der Waals surface area contributed by atoms with Crippen molar-refractivity contribution in [3.05, 3.63) is 48.2 Å². The lowest BCUT2D eigenvalue weighted by atomic mass is 9.96. The second-order valence-electron chi connectivity index (χ2n) is 7.95. The second-order valence-corrected chi connectivity index (χ2v) is 9.66. The number of pyridine rings is 1. The summed E-state index contributed by atoms with van der Waals surface area (Å²) in [5.41, 5.74) is -0.419. The van der Waals surface area contributed by atoms with Crippen LogP contribution in [0.3, 0.4) is 0 Å². The van der Waals surface area contributed by atoms with Crippen molar-refractivity contribution in [1.82, 2.24) is 9.71 Å². The number of piperidine rings is 1. The van der Waals surface area contributed by atoms with Crippen LogP contribution in [-0.4, -0.2) is 38.4 Å². The van der Waals surface area contributed by atoms with Gasteiger partial charge in [-0.3, -0.25) is 4.79 Å². The molecule has 1 saturated heterocycles. The van der Waals surface area contributed by atoms with E-state index in [4.69, 9.17) is 0 Å². The van der Waals surface area contributed by atoms with E-state index in [-0.39, 0.29) is 29.2 Å². The van der Waals surface area contributed by atoms with Crippen LogP contribution in [0.5, 0.6) is 0 Å². The number of carbonyl (C=O) groups is 1. The number of anilines is 2. The zero-order valence-corrected chi connectivity index (χ0v) is 18.5. The molecule has 0 spiro atoms. The lowest BCUT2D eigenvalue weighted by Gasteiger charge is -2.34. The zero-order chi connectivity index (χ0) is 23.5. The van der Waals surface area contributed by atoms with Crippen molar-refractivity contribution in [3.63, 3.8) is 0 Å². The van der Waals surface area contributed by atoms with Crippen molar-refractivity contribution in [2.24, 2.45) is 5.92 Å². The van der Waals surface area contributed by atoms with Crippen LogP contribution < -0.4 is 14.9 Å². The fourth-order valence-electron chi connectivity index (χ4n) is 3.59. The number of nitrogens with one attached hydrogen (secondary N) is 2. The maximum absolute atomic E-state index is 13.3. The average Bonchev–Trinajstić information content (AvgIpc) is 2.73. The molecular formula is C21H25F3N4O3S. The molecule has 1 aromatic heterocycles. The quantitative estimate of drug-likeness (QED) is 0.673. The maximum atomic E-state index is 13.3. The van der Waals surface area contributed by atoms with Crippen LogP contribution in [0.15, 0.2) is 47.5 Å². The van der Waals surface area contributed by atoms with Crippen LogP contribution in [0.25, 0.3) is 0 Å². The smallest absolute Gasteiger partial charge is 0.355 e. The van der Waals surface area contributed by atoms with Gasteiger partial charge in [-0.05, 0) is 63.1 Å². The Morgan fingerprint density at radius 2 is 1.88 bits per heavy atom. The summed E-state index contributed by atoms with van der Waals surface area (Å²) in [6, 6.07) is 7.69. The number of halogens is 3. The molecule has 2 N–H and O–H groups in total. The van der Waals surface area contributed by atoms with Crippen molar-refractivity contribution in [3.8, 4) is 0 Å². The Hall–Kier alpha value is -2.66. The first-order chi connectivity index (χ1) is 15.0. The Labute approximate surface area is 185 Å². The van der Waals surface area contributed by atoms with Gasteiger partial charge in [-0.2, -0.15) is 13.2 Å². The molecule has 1 aromatic carbocycles. The molecule has 2 heterocycles. The van der Waals surface area contributed by atoms with Crippen molar-refractivity contribution >= 4 is 27.4 Å². The monoisotopic (exact) mass is 470 g/mol. The van der Waals surface area contributed by atoms with Gasteiger partial charge in [0, 0.05) is 31.0 Å². The first-order valence-electron chi connectivity index (χ1n) is 10.2. The highest BCUT2D eigenvalue weighted by Crippen LogP contribution is 2.36. The van der Waals surface area contributed by atoms with Gasteiger partial charge in [0.1, 0.15) is 5.82 Å². The van der Waals surface area contributed by atoms with Gasteiger partial charge < -0.3 is 10.2 Å². The van der Waals surface area contributed by atoms with Crippen molar-refractivity contribution in [1.29, 1.82) is 0 Å². The van der Waals surface area contributed by atoms with E-state index in [1.807, 2.05) is 0 Å². The van der Waals surface area contributed by atoms with Gasteiger partial charge in [0.05, 0.1) is 16.4 Å². The molecule has 1 fully saturated rings. The van der Waals surface area contributed by atoms with Crippen LogP contribution in [-0.2, 0) is 21.0 Å². The first-order valence-corrected chi connectivity index (χ1v) is 11.7. The summed E-state index contributed by atoms with van der Waals surface area (Å²) >= 11 is 0. The minimum atomic E-state index is -4.54. The van der Waals surface area contributed by atoms with Gasteiger partial charge in [-0.1, -0.05) is 0 Å². The Balaban J connectivity index is 1.69. The number of hydrogen-bond donors (Lipinski definition) is 2. The van der Waals surface area contributed by atoms with E-state index in [1.165, 1.54) is 41.4 Å². The molecule has 0 saturated carbocycles. The number of rotatable bonds is 6. The van der Waals surface area contributed by atoms with Crippen LogP contribution in [0.2, 0.25) is 0 Å². The summed E-state index contributed by atoms with van der Waals surface area (Å²) in [6.45, 7) is 3.90. The summed E-state index contributed by atoms with van der Waals surface area (Å²) in [5, 5.41) is 2.72. The molecule has 1 unspecified atom stereocenters. The van der Waals surface area contributed by atoms with Crippen LogP contribution >= 0.6 is 0 Å². The number of aromatic nitrogens is 1. The highest BCUT2D eigenvalue weighted by molar-refractivity contribution is 7.89. The van der Waals surface area contributed by atoms with Crippen molar-refractivity contribution < 1.29 is 26.4 Å². The molecule has 1 aliphatic rings. The number of alkyl halides is 3. The Bertz CT molecular complexity index is 1060. The molecule has 1 atom stereocenters. The van der Waals surface area contributed by atoms with E-state index < -0.39 is 27.7 Å². The summed E-state index contributed by atoms with van der Waals surface area (Å²) in [6.07, 6.45) is -2.16. The third-order valence-electron chi connectivity index (χ3n) is 5.01. The van der Waals surface area contributed by atoms with E-state index in [0.717, 1.165) is 6.07 Å². The minimum absolute atomic E-state index is 0.0721. The van der Waals surface area contributed by atoms with Crippen LogP contribution in [0.4, 0.5) is 24.7 Å². The number of hydrogen-bond acceptors (Lipinski definition) is 5. The standard InChI is InChI=1S/C21H25F3N4O3S/c1-14(2)27-32(30,31)17-9-7-16(8-10-17)26-20(29)15-5-4-12-28(13-15)19-18(21(22,23)24)6-3-11-25-19/h3,6-11,14-15,27H,4-5,12-13H2,1-2H3,(H,26,29). The predicted octanol–water partition coefficient (Wildman–Crippen LogP) is 3.64. The summed E-state index contributed by atoms with van der Waals surface area (Å²) < 4.78 is 66.9. The Kier molecular flexibility index (Phi) is 7.09. The van der Waals surface area contributed by atoms with Gasteiger partial charge in [-0.25, -0.2) is 18.1 Å². The molecule has 1 aliphatic heterocycles. The number of carbonyl (C=O) groups excluding carboxylic acids is 1. The number of nitrogens with zero attached hydrogens (tertiary/aromatic N) is 2. The number of benzene rings is 1. The van der Waals surface area contributed by atoms with E-state index in [1.54, 1.807) is 13.8 Å². The maximum Gasteiger partial charge on any atom is 0.419 e. The van der Waals surface area contributed by atoms with Gasteiger partial charge in [0.25, 0.3) is 0 Å². The molecule has 0 bridgehead atoms. The fourth-order valence-corrected chi connectivity index (χ4v) is 4.84. The summed E-state index contributed by atoms with van der Waals surface area (Å²) in [5.74, 6) is -1.04. The fraction of sp³-hybridized carbons (Fsp3) is 0.429. The molecule has 0 radical (unpaired) electrons. The molecule has 3 rings (SSSR count). The summed E-state index contributed by atoms with van der Waals surface area (Å²) in [7, 11) is -3.65. The van der Waals surface area contributed by atoms with Gasteiger partial charge >= 0.3 is 6.18 Å². The molecule has 0 aliphatic carbocycles. The normalized spacial score (nSPS) is 17.4. The van der Waals surface area contributed by atoms with E-state index in [2.05, 4.69) is 15.0 Å². The lowest BCUT2D eigenvalue weighted by molar-refractivity contribution is -0.137. The molecular weight excluding hydrogens is 445 g/mol. The zero-order valence-electron chi connectivity index (χ0n) is 17.7. The largest absolute Gasteiger partial charge is 0.419 e. The summed E-state index contributed by atoms with van der Waals surface area (Å²) in [4.78, 5) is 18.2. The number of amides is 1.